The predicted molar refractivity (Wildman–Crippen MR) is 79.1 cm³/mol. The summed E-state index contributed by atoms with van der Waals surface area (Å²) < 4.78 is 0. The van der Waals surface area contributed by atoms with Gasteiger partial charge in [0.2, 0.25) is 0 Å². The van der Waals surface area contributed by atoms with Crippen molar-refractivity contribution >= 4 is 11.3 Å². The molecular weight excluding hydrogens is 254 g/mol. The van der Waals surface area contributed by atoms with E-state index in [9.17, 15) is 0 Å². The maximum Gasteiger partial charge on any atom is 0.115 e. The molecule has 0 radical (unpaired) electrons. The van der Waals surface area contributed by atoms with Gasteiger partial charge in [-0.3, -0.25) is 4.90 Å². The third kappa shape index (κ3) is 2.71. The standard InChI is InChI=1S/C15H19N3S/c16-10-13-11-19-15(17-13)14(18-8-4-5-9-18)12-6-2-1-3-7-12/h1-3,6-7,11,14H,4-5,8-10,16H2. The summed E-state index contributed by atoms with van der Waals surface area (Å²) in [6.45, 7) is 2.85. The van der Waals surface area contributed by atoms with Gasteiger partial charge in [-0.25, -0.2) is 4.98 Å². The van der Waals surface area contributed by atoms with Crippen LogP contribution in [0, 0.1) is 0 Å². The van der Waals surface area contributed by atoms with Crippen LogP contribution in [0.25, 0.3) is 0 Å². The van der Waals surface area contributed by atoms with Crippen molar-refractivity contribution in [3.63, 3.8) is 0 Å². The van der Waals surface area contributed by atoms with Crippen LogP contribution in [-0.4, -0.2) is 23.0 Å². The SMILES string of the molecule is NCc1csc(C(c2ccccc2)N2CCCC2)n1. The van der Waals surface area contributed by atoms with Crippen LogP contribution in [0.2, 0.25) is 0 Å². The first-order chi connectivity index (χ1) is 9.38. The Hall–Kier alpha value is -1.23. The van der Waals surface area contributed by atoms with Crippen molar-refractivity contribution in [2.24, 2.45) is 5.73 Å². The van der Waals surface area contributed by atoms with Crippen LogP contribution in [0.4, 0.5) is 0 Å². The molecular formula is C15H19N3S. The van der Waals surface area contributed by atoms with Gasteiger partial charge < -0.3 is 5.73 Å². The lowest BCUT2D eigenvalue weighted by molar-refractivity contribution is 0.280. The smallest absolute Gasteiger partial charge is 0.115 e. The van der Waals surface area contributed by atoms with Crippen LogP contribution in [0.1, 0.15) is 35.1 Å². The number of benzene rings is 1. The Morgan fingerprint density at radius 3 is 2.58 bits per heavy atom. The zero-order valence-corrected chi connectivity index (χ0v) is 11.8. The highest BCUT2D eigenvalue weighted by Crippen LogP contribution is 2.33. The molecule has 0 bridgehead atoms. The molecule has 1 aromatic heterocycles. The highest BCUT2D eigenvalue weighted by molar-refractivity contribution is 7.09. The quantitative estimate of drug-likeness (QED) is 0.931. The zero-order chi connectivity index (χ0) is 13.1. The van der Waals surface area contributed by atoms with Crippen molar-refractivity contribution < 1.29 is 0 Å². The molecule has 1 aliphatic heterocycles. The summed E-state index contributed by atoms with van der Waals surface area (Å²) in [5.41, 5.74) is 8.02. The second-order valence-corrected chi connectivity index (χ2v) is 5.83. The number of likely N-dealkylation sites (tertiary alicyclic amines) is 1. The molecule has 100 valence electrons. The van der Waals surface area contributed by atoms with E-state index in [0.717, 1.165) is 18.8 Å². The number of hydrogen-bond donors (Lipinski definition) is 1. The Morgan fingerprint density at radius 2 is 1.95 bits per heavy atom. The zero-order valence-electron chi connectivity index (χ0n) is 11.0. The summed E-state index contributed by atoms with van der Waals surface area (Å²) >= 11 is 1.73. The first-order valence-corrected chi connectivity index (χ1v) is 7.70. The van der Waals surface area contributed by atoms with E-state index in [4.69, 9.17) is 10.7 Å². The lowest BCUT2D eigenvalue weighted by Crippen LogP contribution is -2.26. The average molecular weight is 273 g/mol. The summed E-state index contributed by atoms with van der Waals surface area (Å²) in [6.07, 6.45) is 2.58. The molecule has 2 N–H and O–H groups in total. The number of aromatic nitrogens is 1. The van der Waals surface area contributed by atoms with Crippen LogP contribution in [-0.2, 0) is 6.54 Å². The van der Waals surface area contributed by atoms with E-state index in [1.165, 1.54) is 23.4 Å². The molecule has 4 heteroatoms. The number of hydrogen-bond acceptors (Lipinski definition) is 4. The second-order valence-electron chi connectivity index (χ2n) is 4.94. The highest BCUT2D eigenvalue weighted by atomic mass is 32.1. The van der Waals surface area contributed by atoms with Gasteiger partial charge in [0.1, 0.15) is 5.01 Å². The van der Waals surface area contributed by atoms with Crippen molar-refractivity contribution in [2.45, 2.75) is 25.4 Å². The van der Waals surface area contributed by atoms with Crippen molar-refractivity contribution in [3.05, 3.63) is 52.0 Å². The van der Waals surface area contributed by atoms with E-state index in [0.29, 0.717) is 12.6 Å². The van der Waals surface area contributed by atoms with Gasteiger partial charge in [0.15, 0.2) is 0 Å². The Labute approximate surface area is 118 Å². The van der Waals surface area contributed by atoms with Gasteiger partial charge in [0, 0.05) is 11.9 Å². The lowest BCUT2D eigenvalue weighted by atomic mass is 10.1. The van der Waals surface area contributed by atoms with Gasteiger partial charge in [0.25, 0.3) is 0 Å². The van der Waals surface area contributed by atoms with E-state index >= 15 is 0 Å². The molecule has 3 nitrogen and oxygen atoms in total. The van der Waals surface area contributed by atoms with Gasteiger partial charge in [-0.2, -0.15) is 0 Å². The van der Waals surface area contributed by atoms with Crippen LogP contribution in [0.5, 0.6) is 0 Å². The maximum absolute atomic E-state index is 5.69. The summed E-state index contributed by atoms with van der Waals surface area (Å²) in [7, 11) is 0. The first kappa shape index (κ1) is 12.8. The van der Waals surface area contributed by atoms with Crippen molar-refractivity contribution in [2.75, 3.05) is 13.1 Å². The Morgan fingerprint density at radius 1 is 1.21 bits per heavy atom. The molecule has 1 fully saturated rings. The van der Waals surface area contributed by atoms with Crippen LogP contribution in [0.3, 0.4) is 0 Å². The average Bonchev–Trinajstić information content (AvgIpc) is 3.12. The predicted octanol–water partition coefficient (Wildman–Crippen LogP) is 2.79. The fraction of sp³-hybridized carbons (Fsp3) is 0.400. The van der Waals surface area contributed by atoms with E-state index in [1.54, 1.807) is 11.3 Å². The fourth-order valence-electron chi connectivity index (χ4n) is 2.69. The topological polar surface area (TPSA) is 42.1 Å². The van der Waals surface area contributed by atoms with Gasteiger partial charge in [-0.1, -0.05) is 30.3 Å². The summed E-state index contributed by atoms with van der Waals surface area (Å²) in [4.78, 5) is 7.24. The number of nitrogens with two attached hydrogens (primary N) is 1. The molecule has 1 aromatic carbocycles. The molecule has 3 rings (SSSR count). The minimum Gasteiger partial charge on any atom is -0.325 e. The molecule has 1 aliphatic rings. The maximum atomic E-state index is 5.69. The molecule has 1 saturated heterocycles. The molecule has 19 heavy (non-hydrogen) atoms. The molecule has 2 heterocycles. The van der Waals surface area contributed by atoms with E-state index in [1.807, 2.05) is 0 Å². The first-order valence-electron chi connectivity index (χ1n) is 6.82. The fourth-order valence-corrected chi connectivity index (χ4v) is 3.68. The Kier molecular flexibility index (Phi) is 3.92. The molecule has 0 amide bonds. The molecule has 2 aromatic rings. The van der Waals surface area contributed by atoms with Crippen molar-refractivity contribution in [1.82, 2.24) is 9.88 Å². The molecule has 0 spiro atoms. The molecule has 1 unspecified atom stereocenters. The molecule has 0 aliphatic carbocycles. The van der Waals surface area contributed by atoms with Crippen molar-refractivity contribution in [1.29, 1.82) is 0 Å². The van der Waals surface area contributed by atoms with Crippen LogP contribution in [0.15, 0.2) is 35.7 Å². The summed E-state index contributed by atoms with van der Waals surface area (Å²) in [5, 5.41) is 3.26. The van der Waals surface area contributed by atoms with Gasteiger partial charge in [-0.05, 0) is 31.5 Å². The van der Waals surface area contributed by atoms with Gasteiger partial charge in [0.05, 0.1) is 11.7 Å². The third-order valence-electron chi connectivity index (χ3n) is 3.63. The number of rotatable bonds is 4. The second kappa shape index (κ2) is 5.82. The monoisotopic (exact) mass is 273 g/mol. The van der Waals surface area contributed by atoms with E-state index in [2.05, 4.69) is 40.6 Å². The van der Waals surface area contributed by atoms with Crippen molar-refractivity contribution in [3.8, 4) is 0 Å². The summed E-state index contributed by atoms with van der Waals surface area (Å²) in [5.74, 6) is 0. The minimum absolute atomic E-state index is 0.300. The summed E-state index contributed by atoms with van der Waals surface area (Å²) in [6, 6.07) is 11.0. The number of thiazole rings is 1. The van der Waals surface area contributed by atoms with E-state index in [-0.39, 0.29) is 0 Å². The van der Waals surface area contributed by atoms with Crippen LogP contribution >= 0.6 is 11.3 Å². The van der Waals surface area contributed by atoms with Crippen LogP contribution < -0.4 is 5.73 Å². The molecule has 0 saturated carbocycles. The normalized spacial score (nSPS) is 17.7. The highest BCUT2D eigenvalue weighted by Gasteiger charge is 2.27. The van der Waals surface area contributed by atoms with Gasteiger partial charge >= 0.3 is 0 Å². The van der Waals surface area contributed by atoms with E-state index < -0.39 is 0 Å². The minimum atomic E-state index is 0.300. The lowest BCUT2D eigenvalue weighted by Gasteiger charge is -2.26. The molecule has 1 atom stereocenters. The number of nitrogens with zero attached hydrogens (tertiary/aromatic N) is 2. The Balaban J connectivity index is 1.96. The Bertz CT molecular complexity index is 517. The third-order valence-corrected chi connectivity index (χ3v) is 4.58. The largest absolute Gasteiger partial charge is 0.325 e. The van der Waals surface area contributed by atoms with Gasteiger partial charge in [-0.15, -0.1) is 11.3 Å².